The molecule has 0 fully saturated rings. The lowest BCUT2D eigenvalue weighted by Crippen LogP contribution is -2.40. The molecule has 0 spiro atoms. The maximum absolute atomic E-state index is 14.3. The Bertz CT molecular complexity index is 1350. The van der Waals surface area contributed by atoms with E-state index in [9.17, 15) is 22.8 Å². The summed E-state index contributed by atoms with van der Waals surface area (Å²) in [7, 11) is 0. The molecule has 2 aliphatic heterocycles. The van der Waals surface area contributed by atoms with E-state index in [-0.39, 0.29) is 17.5 Å². The summed E-state index contributed by atoms with van der Waals surface area (Å²) in [5.74, 6) is -1.40. The Morgan fingerprint density at radius 3 is 2.62 bits per heavy atom. The van der Waals surface area contributed by atoms with Crippen molar-refractivity contribution >= 4 is 28.8 Å². The number of benzene rings is 1. The Balaban J connectivity index is 1.69. The highest BCUT2D eigenvalue weighted by Crippen LogP contribution is 2.48. The molecule has 1 aromatic carbocycles. The van der Waals surface area contributed by atoms with Gasteiger partial charge in [-0.1, -0.05) is 41.6 Å². The van der Waals surface area contributed by atoms with Gasteiger partial charge < -0.3 is 15.0 Å². The van der Waals surface area contributed by atoms with Crippen molar-refractivity contribution in [3.8, 4) is 0 Å². The molecule has 1 N–H and O–H groups in total. The smallest absolute Gasteiger partial charge is 0.434 e. The third-order valence-electron chi connectivity index (χ3n) is 6.14. The van der Waals surface area contributed by atoms with Gasteiger partial charge in [0.15, 0.2) is 10.9 Å². The number of ether oxygens (including phenoxy) is 1. The Kier molecular flexibility index (Phi) is 8.48. The molecule has 0 unspecified atom stereocenters. The highest BCUT2D eigenvalue weighted by molar-refractivity contribution is 8.16. The highest BCUT2D eigenvalue weighted by atomic mass is 32.2. The number of amides is 1. The van der Waals surface area contributed by atoms with E-state index in [0.29, 0.717) is 29.8 Å². The number of alkyl halides is 3. The molecule has 1 atom stereocenters. The molecule has 1 aromatic heterocycles. The standard InChI is InChI=1S/C28H29F3N4O3S/c1-16(2)38-26(37)23-24(21-13-17(3)8-9-18(21)4)35-20(15-39-27(35)34-25(23)28(29,30)31)14-22(36)33-12-10-19-7-5-6-11-32-19/h5-9,11,13,15-16,24H,10,12,14H2,1-4H3,(H,33,36)/t24-/m1/s1. The number of hydrogen-bond donors (Lipinski definition) is 1. The van der Waals surface area contributed by atoms with Crippen molar-refractivity contribution in [1.82, 2.24) is 15.2 Å². The SMILES string of the molecule is Cc1ccc(C)c([C@@H]2C(C(=O)OC(C)C)=C(C(F)(F)F)N=C3SC=C(CC(=O)NCCc4ccccn4)N32)c1. The van der Waals surface area contributed by atoms with Crippen molar-refractivity contribution in [2.45, 2.75) is 58.9 Å². The number of rotatable bonds is 8. The van der Waals surface area contributed by atoms with Crippen LogP contribution < -0.4 is 5.32 Å². The average molecular weight is 559 g/mol. The predicted octanol–water partition coefficient (Wildman–Crippen LogP) is 5.52. The van der Waals surface area contributed by atoms with Gasteiger partial charge in [0.05, 0.1) is 24.1 Å². The van der Waals surface area contributed by atoms with Crippen LogP contribution in [0.5, 0.6) is 0 Å². The monoisotopic (exact) mass is 558 g/mol. The van der Waals surface area contributed by atoms with Gasteiger partial charge in [-0.15, -0.1) is 0 Å². The molecule has 11 heteroatoms. The van der Waals surface area contributed by atoms with Gasteiger partial charge in [-0.2, -0.15) is 13.2 Å². The molecule has 2 aliphatic rings. The van der Waals surface area contributed by atoms with Crippen LogP contribution in [0.25, 0.3) is 0 Å². The summed E-state index contributed by atoms with van der Waals surface area (Å²) in [6, 6.07) is 9.75. The van der Waals surface area contributed by atoms with Crippen molar-refractivity contribution in [2.75, 3.05) is 6.54 Å². The lowest BCUT2D eigenvalue weighted by atomic mass is 9.89. The minimum absolute atomic E-state index is 0.0469. The van der Waals surface area contributed by atoms with E-state index in [1.165, 1.54) is 0 Å². The summed E-state index contributed by atoms with van der Waals surface area (Å²) in [4.78, 5) is 35.8. The second-order valence-corrected chi connectivity index (χ2v) is 10.4. The van der Waals surface area contributed by atoms with E-state index in [1.54, 1.807) is 55.5 Å². The van der Waals surface area contributed by atoms with Crippen molar-refractivity contribution in [3.05, 3.63) is 87.4 Å². The summed E-state index contributed by atoms with van der Waals surface area (Å²) < 4.78 is 48.2. The fraction of sp³-hybridized carbons (Fsp3) is 0.357. The molecule has 7 nitrogen and oxygen atoms in total. The predicted molar refractivity (Wildman–Crippen MR) is 143 cm³/mol. The second kappa shape index (κ2) is 11.6. The maximum atomic E-state index is 14.3. The summed E-state index contributed by atoms with van der Waals surface area (Å²) >= 11 is 0.991. The molecule has 0 saturated carbocycles. The number of allylic oxidation sites excluding steroid dienone is 1. The molecule has 39 heavy (non-hydrogen) atoms. The number of thioether (sulfide) groups is 1. The zero-order valence-electron chi connectivity index (χ0n) is 22.0. The van der Waals surface area contributed by atoms with Crippen LogP contribution in [0.15, 0.2) is 70.0 Å². The lowest BCUT2D eigenvalue weighted by Gasteiger charge is -2.37. The first-order chi connectivity index (χ1) is 18.5. The van der Waals surface area contributed by atoms with Gasteiger partial charge in [0.25, 0.3) is 0 Å². The van der Waals surface area contributed by atoms with Crippen LogP contribution in [0.2, 0.25) is 0 Å². The third-order valence-corrected chi connectivity index (χ3v) is 7.03. The van der Waals surface area contributed by atoms with Gasteiger partial charge in [-0.3, -0.25) is 9.78 Å². The Morgan fingerprint density at radius 1 is 1.18 bits per heavy atom. The number of nitrogens with one attached hydrogen (secondary N) is 1. The topological polar surface area (TPSA) is 83.9 Å². The number of carbonyl (C=O) groups excluding carboxylic acids is 2. The molecule has 0 saturated heterocycles. The Morgan fingerprint density at radius 2 is 1.95 bits per heavy atom. The van der Waals surface area contributed by atoms with Crippen LogP contribution in [0.1, 0.15) is 48.7 Å². The number of amidine groups is 1. The van der Waals surface area contributed by atoms with Crippen LogP contribution in [0.4, 0.5) is 13.2 Å². The molecule has 2 aromatic rings. The van der Waals surface area contributed by atoms with Gasteiger partial charge >= 0.3 is 12.1 Å². The number of pyridine rings is 1. The van der Waals surface area contributed by atoms with Crippen LogP contribution in [0, 0.1) is 13.8 Å². The Labute approximate surface area is 229 Å². The number of aryl methyl sites for hydroxylation is 2. The average Bonchev–Trinajstić information content (AvgIpc) is 3.26. The number of nitrogens with zero attached hydrogens (tertiary/aromatic N) is 3. The molecular weight excluding hydrogens is 529 g/mol. The van der Waals surface area contributed by atoms with Gasteiger partial charge in [0.1, 0.15) is 0 Å². The second-order valence-electron chi connectivity index (χ2n) is 9.57. The molecule has 4 rings (SSSR count). The van der Waals surface area contributed by atoms with E-state index in [4.69, 9.17) is 4.74 Å². The number of fused-ring (bicyclic) bond motifs is 1. The fourth-order valence-corrected chi connectivity index (χ4v) is 5.33. The molecule has 0 aliphatic carbocycles. The fourth-order valence-electron chi connectivity index (χ4n) is 4.41. The van der Waals surface area contributed by atoms with E-state index >= 15 is 0 Å². The number of aromatic nitrogens is 1. The van der Waals surface area contributed by atoms with Gasteiger partial charge in [0, 0.05) is 30.6 Å². The number of esters is 1. The van der Waals surface area contributed by atoms with Crippen molar-refractivity contribution in [3.63, 3.8) is 0 Å². The summed E-state index contributed by atoms with van der Waals surface area (Å²) in [5.41, 5.74) is 1.39. The molecule has 1 amide bonds. The molecule has 3 heterocycles. The molecule has 206 valence electrons. The van der Waals surface area contributed by atoms with Gasteiger partial charge in [-0.25, -0.2) is 9.79 Å². The minimum Gasteiger partial charge on any atom is -0.459 e. The van der Waals surface area contributed by atoms with E-state index in [0.717, 1.165) is 23.0 Å². The summed E-state index contributed by atoms with van der Waals surface area (Å²) in [5, 5.41) is 4.50. The van der Waals surface area contributed by atoms with Crippen LogP contribution in [0.3, 0.4) is 0 Å². The van der Waals surface area contributed by atoms with Crippen LogP contribution in [-0.2, 0) is 20.7 Å². The lowest BCUT2D eigenvalue weighted by molar-refractivity contribution is -0.145. The van der Waals surface area contributed by atoms with Crippen molar-refractivity contribution in [1.29, 1.82) is 0 Å². The molecule has 0 radical (unpaired) electrons. The van der Waals surface area contributed by atoms with Crippen LogP contribution in [-0.4, -0.2) is 45.8 Å². The zero-order chi connectivity index (χ0) is 28.3. The van der Waals surface area contributed by atoms with E-state index in [1.807, 2.05) is 25.1 Å². The maximum Gasteiger partial charge on any atom is 0.434 e. The third kappa shape index (κ3) is 6.52. The van der Waals surface area contributed by atoms with Gasteiger partial charge in [0.2, 0.25) is 5.91 Å². The first kappa shape index (κ1) is 28.4. The van der Waals surface area contributed by atoms with Crippen molar-refractivity contribution in [2.24, 2.45) is 4.99 Å². The Hall–Kier alpha value is -3.60. The first-order valence-corrected chi connectivity index (χ1v) is 13.3. The molecule has 0 bridgehead atoms. The number of halogens is 3. The zero-order valence-corrected chi connectivity index (χ0v) is 22.8. The quantitative estimate of drug-likeness (QED) is 0.430. The largest absolute Gasteiger partial charge is 0.459 e. The van der Waals surface area contributed by atoms with Crippen molar-refractivity contribution < 1.29 is 27.5 Å². The molecular formula is C28H29F3N4O3S. The van der Waals surface area contributed by atoms with Crippen LogP contribution >= 0.6 is 11.8 Å². The minimum atomic E-state index is -4.90. The summed E-state index contributed by atoms with van der Waals surface area (Å²) in [6.45, 7) is 7.09. The first-order valence-electron chi connectivity index (χ1n) is 12.5. The van der Waals surface area contributed by atoms with E-state index in [2.05, 4.69) is 15.3 Å². The van der Waals surface area contributed by atoms with Gasteiger partial charge in [-0.05, 0) is 56.4 Å². The number of hydrogen-bond acceptors (Lipinski definition) is 7. The number of aliphatic imine (C=N–C) groups is 1. The summed E-state index contributed by atoms with van der Waals surface area (Å²) in [6.07, 6.45) is -3.44. The number of carbonyl (C=O) groups is 2. The highest BCUT2D eigenvalue weighted by Gasteiger charge is 2.49. The normalized spacial score (nSPS) is 17.1. The van der Waals surface area contributed by atoms with E-state index < -0.39 is 35.6 Å².